The summed E-state index contributed by atoms with van der Waals surface area (Å²) in [5.41, 5.74) is 2.85. The van der Waals surface area contributed by atoms with Gasteiger partial charge in [-0.25, -0.2) is 0 Å². The van der Waals surface area contributed by atoms with Crippen LogP contribution in [0.2, 0.25) is 0 Å². The number of piperidine rings is 1. The monoisotopic (exact) mass is 373 g/mol. The van der Waals surface area contributed by atoms with Crippen molar-refractivity contribution < 1.29 is 0 Å². The summed E-state index contributed by atoms with van der Waals surface area (Å²) in [5.74, 6) is 0.941. The van der Waals surface area contributed by atoms with Gasteiger partial charge in [0.25, 0.3) is 0 Å². The molecule has 152 valence electrons. The van der Waals surface area contributed by atoms with Crippen LogP contribution in [0.3, 0.4) is 0 Å². The van der Waals surface area contributed by atoms with E-state index in [1.807, 2.05) is 7.05 Å². The van der Waals surface area contributed by atoms with Gasteiger partial charge >= 0.3 is 0 Å². The second-order valence-corrected chi connectivity index (χ2v) is 7.78. The van der Waals surface area contributed by atoms with E-state index >= 15 is 0 Å². The number of hydrogen-bond acceptors (Lipinski definition) is 3. The van der Waals surface area contributed by atoms with Gasteiger partial charge in [0.2, 0.25) is 0 Å². The molecule has 0 aromatic heterocycles. The highest BCUT2D eigenvalue weighted by Crippen LogP contribution is 2.16. The number of guanidine groups is 1. The zero-order valence-corrected chi connectivity index (χ0v) is 17.8. The first-order chi connectivity index (χ1) is 13.1. The largest absolute Gasteiger partial charge is 0.355 e. The molecule has 1 aliphatic rings. The van der Waals surface area contributed by atoms with E-state index in [1.165, 1.54) is 43.4 Å². The number of aliphatic imine (C=N–C) groups is 1. The molecule has 5 heteroatoms. The first kappa shape index (κ1) is 21.7. The predicted octanol–water partition coefficient (Wildman–Crippen LogP) is 2.86. The molecule has 1 aromatic carbocycles. The summed E-state index contributed by atoms with van der Waals surface area (Å²) in [6, 6.07) is 9.24. The number of benzene rings is 1. The summed E-state index contributed by atoms with van der Waals surface area (Å²) in [6.45, 7) is 11.0. The molecule has 1 aromatic rings. The minimum atomic E-state index is 0.516. The normalized spacial score (nSPS) is 16.7. The van der Waals surface area contributed by atoms with Gasteiger partial charge in [0, 0.05) is 45.8 Å². The Morgan fingerprint density at radius 2 is 1.96 bits per heavy atom. The summed E-state index contributed by atoms with van der Waals surface area (Å²) in [6.07, 6.45) is 4.86. The van der Waals surface area contributed by atoms with Crippen LogP contribution >= 0.6 is 0 Å². The maximum atomic E-state index is 4.40. The van der Waals surface area contributed by atoms with E-state index in [-0.39, 0.29) is 0 Å². The van der Waals surface area contributed by atoms with Gasteiger partial charge in [0.05, 0.1) is 0 Å². The Labute approximate surface area is 166 Å². The maximum absolute atomic E-state index is 4.40. The molecule has 27 heavy (non-hydrogen) atoms. The molecule has 0 atom stereocenters. The fourth-order valence-electron chi connectivity index (χ4n) is 3.56. The van der Waals surface area contributed by atoms with E-state index in [2.05, 4.69) is 70.6 Å². The zero-order valence-electron chi connectivity index (χ0n) is 17.8. The van der Waals surface area contributed by atoms with Gasteiger partial charge in [-0.2, -0.15) is 0 Å². The average Bonchev–Trinajstić information content (AvgIpc) is 2.68. The molecule has 2 N–H and O–H groups in total. The molecule has 0 spiro atoms. The minimum Gasteiger partial charge on any atom is -0.355 e. The van der Waals surface area contributed by atoms with Gasteiger partial charge in [-0.3, -0.25) is 9.89 Å². The number of unbranched alkanes of at least 4 members (excludes halogenated alkanes) is 1. The lowest BCUT2D eigenvalue weighted by atomic mass is 10.0. The number of hydrogen-bond donors (Lipinski definition) is 2. The molecule has 1 heterocycles. The molecule has 2 rings (SSSR count). The highest BCUT2D eigenvalue weighted by atomic mass is 15.2. The SMILES string of the molecule is CCCCN(C)CCNC(=NC)NC1CCN(Cc2ccccc2C)CC1. The molecule has 0 bridgehead atoms. The van der Waals surface area contributed by atoms with Crippen molar-refractivity contribution in [1.82, 2.24) is 20.4 Å². The van der Waals surface area contributed by atoms with Crippen molar-refractivity contribution in [3.63, 3.8) is 0 Å². The number of likely N-dealkylation sites (tertiary alicyclic amines) is 1. The Balaban J connectivity index is 1.67. The van der Waals surface area contributed by atoms with E-state index in [4.69, 9.17) is 0 Å². The highest BCUT2D eigenvalue weighted by molar-refractivity contribution is 5.79. The van der Waals surface area contributed by atoms with Gasteiger partial charge in [-0.05, 0) is 50.9 Å². The second kappa shape index (κ2) is 12.0. The van der Waals surface area contributed by atoms with Gasteiger partial charge in [0.15, 0.2) is 5.96 Å². The molecule has 0 unspecified atom stereocenters. The average molecular weight is 374 g/mol. The van der Waals surface area contributed by atoms with E-state index in [9.17, 15) is 0 Å². The number of aryl methyl sites for hydroxylation is 1. The van der Waals surface area contributed by atoms with Crippen LogP contribution in [0.1, 0.15) is 43.7 Å². The Morgan fingerprint density at radius 1 is 1.22 bits per heavy atom. The Bertz CT molecular complexity index is 564. The van der Waals surface area contributed by atoms with Crippen molar-refractivity contribution in [1.29, 1.82) is 0 Å². The Kier molecular flexibility index (Phi) is 9.64. The molecule has 1 saturated heterocycles. The number of nitrogens with zero attached hydrogens (tertiary/aromatic N) is 3. The van der Waals surface area contributed by atoms with Crippen molar-refractivity contribution in [2.24, 2.45) is 4.99 Å². The Hall–Kier alpha value is -1.59. The fraction of sp³-hybridized carbons (Fsp3) is 0.682. The van der Waals surface area contributed by atoms with Gasteiger partial charge in [0.1, 0.15) is 0 Å². The van der Waals surface area contributed by atoms with Crippen molar-refractivity contribution in [2.45, 2.75) is 52.1 Å². The molecule has 1 aliphatic heterocycles. The summed E-state index contributed by atoms with van der Waals surface area (Å²) in [5, 5.41) is 7.08. The number of rotatable bonds is 9. The molecular formula is C22H39N5. The van der Waals surface area contributed by atoms with Crippen LogP contribution in [0.15, 0.2) is 29.3 Å². The van der Waals surface area contributed by atoms with Gasteiger partial charge in [-0.15, -0.1) is 0 Å². The third-order valence-corrected chi connectivity index (χ3v) is 5.49. The predicted molar refractivity (Wildman–Crippen MR) is 116 cm³/mol. The van der Waals surface area contributed by atoms with Crippen LogP contribution in [0.25, 0.3) is 0 Å². The van der Waals surface area contributed by atoms with E-state index in [0.717, 1.165) is 38.7 Å². The van der Waals surface area contributed by atoms with E-state index < -0.39 is 0 Å². The van der Waals surface area contributed by atoms with Crippen molar-refractivity contribution in [3.05, 3.63) is 35.4 Å². The smallest absolute Gasteiger partial charge is 0.191 e. The van der Waals surface area contributed by atoms with Crippen LogP contribution in [-0.2, 0) is 6.54 Å². The lowest BCUT2D eigenvalue weighted by molar-refractivity contribution is 0.198. The summed E-state index contributed by atoms with van der Waals surface area (Å²) < 4.78 is 0. The van der Waals surface area contributed by atoms with Crippen molar-refractivity contribution in [3.8, 4) is 0 Å². The van der Waals surface area contributed by atoms with Crippen LogP contribution in [0.4, 0.5) is 0 Å². The molecule has 0 aliphatic carbocycles. The summed E-state index contributed by atoms with van der Waals surface area (Å²) in [7, 11) is 4.06. The molecular weight excluding hydrogens is 334 g/mol. The van der Waals surface area contributed by atoms with Gasteiger partial charge < -0.3 is 15.5 Å². The molecule has 1 fully saturated rings. The first-order valence-electron chi connectivity index (χ1n) is 10.5. The van der Waals surface area contributed by atoms with Gasteiger partial charge in [-0.1, -0.05) is 37.6 Å². The van der Waals surface area contributed by atoms with Crippen LogP contribution in [0, 0.1) is 6.92 Å². The zero-order chi connectivity index (χ0) is 19.5. The topological polar surface area (TPSA) is 42.9 Å². The lowest BCUT2D eigenvalue weighted by Crippen LogP contribution is -2.49. The van der Waals surface area contributed by atoms with Crippen LogP contribution in [0.5, 0.6) is 0 Å². The van der Waals surface area contributed by atoms with E-state index in [0.29, 0.717) is 6.04 Å². The Morgan fingerprint density at radius 3 is 2.63 bits per heavy atom. The standard InChI is InChI=1S/C22H39N5/c1-5-6-14-26(4)17-13-24-22(23-3)25-21-11-15-27(16-12-21)18-20-10-8-7-9-19(20)2/h7-10,21H,5-6,11-18H2,1-4H3,(H2,23,24,25). The molecule has 0 radical (unpaired) electrons. The summed E-state index contributed by atoms with van der Waals surface area (Å²) >= 11 is 0. The molecule has 0 amide bonds. The van der Waals surface area contributed by atoms with Crippen LogP contribution < -0.4 is 10.6 Å². The van der Waals surface area contributed by atoms with Crippen LogP contribution in [-0.4, -0.2) is 68.6 Å². The third-order valence-electron chi connectivity index (χ3n) is 5.49. The van der Waals surface area contributed by atoms with Crippen molar-refractivity contribution in [2.75, 3.05) is 46.8 Å². The molecule has 0 saturated carbocycles. The fourth-order valence-corrected chi connectivity index (χ4v) is 3.56. The summed E-state index contributed by atoms with van der Waals surface area (Å²) in [4.78, 5) is 9.35. The number of nitrogens with one attached hydrogen (secondary N) is 2. The lowest BCUT2D eigenvalue weighted by Gasteiger charge is -2.33. The van der Waals surface area contributed by atoms with Crippen molar-refractivity contribution >= 4 is 5.96 Å². The first-order valence-corrected chi connectivity index (χ1v) is 10.5. The maximum Gasteiger partial charge on any atom is 0.191 e. The number of likely N-dealkylation sites (N-methyl/N-ethyl adjacent to an activating group) is 1. The van der Waals surface area contributed by atoms with E-state index in [1.54, 1.807) is 0 Å². The third kappa shape index (κ3) is 7.89. The minimum absolute atomic E-state index is 0.516. The second-order valence-electron chi connectivity index (χ2n) is 7.78. The highest BCUT2D eigenvalue weighted by Gasteiger charge is 2.20. The molecule has 5 nitrogen and oxygen atoms in total. The quantitative estimate of drug-likeness (QED) is 0.516.